The lowest BCUT2D eigenvalue weighted by Crippen LogP contribution is -2.49. The zero-order valence-electron chi connectivity index (χ0n) is 13.4. The van der Waals surface area contributed by atoms with E-state index in [-0.39, 0.29) is 30.4 Å². The number of nitrogens with one attached hydrogen (secondary N) is 1. The van der Waals surface area contributed by atoms with E-state index < -0.39 is 0 Å². The molecule has 1 aliphatic heterocycles. The minimum absolute atomic E-state index is 0.0149. The molecule has 0 radical (unpaired) electrons. The maximum Gasteiger partial charge on any atom is 0.225 e. The summed E-state index contributed by atoms with van der Waals surface area (Å²) in [7, 11) is 0. The van der Waals surface area contributed by atoms with E-state index in [9.17, 15) is 9.90 Å². The van der Waals surface area contributed by atoms with Crippen LogP contribution in [-0.2, 0) is 4.79 Å². The lowest BCUT2D eigenvalue weighted by Gasteiger charge is -2.33. The average Bonchev–Trinajstić information content (AvgIpc) is 2.59. The van der Waals surface area contributed by atoms with Crippen LogP contribution in [0, 0.1) is 11.8 Å². The van der Waals surface area contributed by atoms with Crippen molar-refractivity contribution in [2.75, 3.05) is 24.6 Å². The zero-order valence-corrected chi connectivity index (χ0v) is 13.4. The molecule has 6 heteroatoms. The summed E-state index contributed by atoms with van der Waals surface area (Å²) < 4.78 is 0. The monoisotopic (exact) mass is 306 g/mol. The Hall–Kier alpha value is -1.69. The van der Waals surface area contributed by atoms with Gasteiger partial charge in [0.2, 0.25) is 11.9 Å². The van der Waals surface area contributed by atoms with Gasteiger partial charge in [0.25, 0.3) is 0 Å². The first-order chi connectivity index (χ1) is 10.7. The van der Waals surface area contributed by atoms with E-state index in [0.717, 1.165) is 25.8 Å². The number of piperidine rings is 1. The second-order valence-corrected chi connectivity index (χ2v) is 6.02. The van der Waals surface area contributed by atoms with E-state index in [1.54, 1.807) is 18.5 Å². The van der Waals surface area contributed by atoms with Gasteiger partial charge >= 0.3 is 0 Å². The zero-order chi connectivity index (χ0) is 15.9. The first-order valence-corrected chi connectivity index (χ1v) is 8.08. The molecule has 1 unspecified atom stereocenters. The van der Waals surface area contributed by atoms with Crippen LogP contribution >= 0.6 is 0 Å². The number of aliphatic hydroxyl groups is 1. The van der Waals surface area contributed by atoms with Crippen molar-refractivity contribution < 1.29 is 9.90 Å². The van der Waals surface area contributed by atoms with Gasteiger partial charge in [-0.15, -0.1) is 0 Å². The molecule has 2 N–H and O–H groups in total. The summed E-state index contributed by atoms with van der Waals surface area (Å²) in [5.41, 5.74) is 0. The molecule has 2 rings (SSSR count). The summed E-state index contributed by atoms with van der Waals surface area (Å²) in [4.78, 5) is 23.1. The molecule has 0 saturated carbocycles. The van der Waals surface area contributed by atoms with E-state index >= 15 is 0 Å². The molecule has 122 valence electrons. The predicted octanol–water partition coefficient (Wildman–Crippen LogP) is 1.22. The van der Waals surface area contributed by atoms with Crippen molar-refractivity contribution >= 4 is 11.9 Å². The van der Waals surface area contributed by atoms with Crippen molar-refractivity contribution in [1.82, 2.24) is 15.3 Å². The fourth-order valence-corrected chi connectivity index (χ4v) is 2.78. The Morgan fingerprint density at radius 2 is 2.23 bits per heavy atom. The Morgan fingerprint density at radius 3 is 2.86 bits per heavy atom. The summed E-state index contributed by atoms with van der Waals surface area (Å²) in [5, 5.41) is 12.5. The molecule has 2 heterocycles. The Morgan fingerprint density at radius 1 is 1.50 bits per heavy atom. The number of anilines is 1. The minimum atomic E-state index is -0.166. The van der Waals surface area contributed by atoms with E-state index in [1.807, 2.05) is 6.92 Å². The summed E-state index contributed by atoms with van der Waals surface area (Å²) in [6.45, 7) is 5.61. The second kappa shape index (κ2) is 8.08. The largest absolute Gasteiger partial charge is 0.394 e. The summed E-state index contributed by atoms with van der Waals surface area (Å²) >= 11 is 0. The van der Waals surface area contributed by atoms with Crippen molar-refractivity contribution in [3.05, 3.63) is 18.5 Å². The Kier molecular flexibility index (Phi) is 6.12. The number of hydrogen-bond donors (Lipinski definition) is 2. The van der Waals surface area contributed by atoms with Gasteiger partial charge < -0.3 is 15.3 Å². The molecule has 22 heavy (non-hydrogen) atoms. The molecule has 3 atom stereocenters. The minimum Gasteiger partial charge on any atom is -0.394 e. The third-order valence-electron chi connectivity index (χ3n) is 4.48. The van der Waals surface area contributed by atoms with Crippen LogP contribution < -0.4 is 10.2 Å². The van der Waals surface area contributed by atoms with Gasteiger partial charge in [-0.1, -0.05) is 20.3 Å². The van der Waals surface area contributed by atoms with Crippen molar-refractivity contribution in [3.63, 3.8) is 0 Å². The lowest BCUT2D eigenvalue weighted by atomic mass is 9.95. The summed E-state index contributed by atoms with van der Waals surface area (Å²) in [5.74, 6) is 0.905. The van der Waals surface area contributed by atoms with Crippen LogP contribution in [0.1, 0.15) is 33.1 Å². The topological polar surface area (TPSA) is 78.4 Å². The first kappa shape index (κ1) is 16.7. The molecule has 0 bridgehead atoms. The molecule has 6 nitrogen and oxygen atoms in total. The molecule has 0 spiro atoms. The SMILES string of the molecule is CC[C@H](C)[C@H](CO)NC(=O)C1CCCN(c2ncccn2)C1. The molecule has 1 aromatic heterocycles. The van der Waals surface area contributed by atoms with Crippen LogP contribution in [0.25, 0.3) is 0 Å². The average molecular weight is 306 g/mol. The highest BCUT2D eigenvalue weighted by Crippen LogP contribution is 2.20. The fraction of sp³-hybridized carbons (Fsp3) is 0.688. The molecule has 0 aliphatic carbocycles. The van der Waals surface area contributed by atoms with Gasteiger partial charge in [-0.25, -0.2) is 9.97 Å². The van der Waals surface area contributed by atoms with Gasteiger partial charge in [0, 0.05) is 25.5 Å². The Labute approximate surface area is 132 Å². The smallest absolute Gasteiger partial charge is 0.225 e. The first-order valence-electron chi connectivity index (χ1n) is 8.08. The molecular formula is C16H26N4O2. The number of carbonyl (C=O) groups excluding carboxylic acids is 1. The van der Waals surface area contributed by atoms with E-state index in [1.165, 1.54) is 0 Å². The number of rotatable bonds is 6. The van der Waals surface area contributed by atoms with E-state index in [4.69, 9.17) is 0 Å². The Bertz CT molecular complexity index is 468. The molecule has 1 amide bonds. The van der Waals surface area contributed by atoms with Crippen molar-refractivity contribution in [1.29, 1.82) is 0 Å². The normalized spacial score (nSPS) is 21.2. The second-order valence-electron chi connectivity index (χ2n) is 6.02. The Balaban J connectivity index is 1.95. The van der Waals surface area contributed by atoms with Gasteiger partial charge in [0.15, 0.2) is 0 Å². The van der Waals surface area contributed by atoms with Crippen molar-refractivity contribution in [2.24, 2.45) is 11.8 Å². The van der Waals surface area contributed by atoms with Crippen LogP contribution in [0.3, 0.4) is 0 Å². The quantitative estimate of drug-likeness (QED) is 0.826. The lowest BCUT2D eigenvalue weighted by molar-refractivity contribution is -0.126. The van der Waals surface area contributed by atoms with Crippen LogP contribution in [0.2, 0.25) is 0 Å². The van der Waals surface area contributed by atoms with Crippen LogP contribution in [0.4, 0.5) is 5.95 Å². The van der Waals surface area contributed by atoms with E-state index in [0.29, 0.717) is 12.5 Å². The van der Waals surface area contributed by atoms with Crippen molar-refractivity contribution in [2.45, 2.75) is 39.2 Å². The molecule has 1 fully saturated rings. The highest BCUT2D eigenvalue weighted by atomic mass is 16.3. The molecule has 1 saturated heterocycles. The standard InChI is InChI=1S/C16H26N4O2/c1-3-12(2)14(11-21)19-15(22)13-6-4-9-20(10-13)16-17-7-5-8-18-16/h5,7-8,12-14,21H,3-4,6,9-11H2,1-2H3,(H,19,22)/t12-,13?,14-/m0/s1. The van der Waals surface area contributed by atoms with Crippen LogP contribution in [0.5, 0.6) is 0 Å². The molecule has 1 aromatic rings. The fourth-order valence-electron chi connectivity index (χ4n) is 2.78. The van der Waals surface area contributed by atoms with Gasteiger partial charge in [0.05, 0.1) is 18.6 Å². The third-order valence-corrected chi connectivity index (χ3v) is 4.48. The number of hydrogen-bond acceptors (Lipinski definition) is 5. The van der Waals surface area contributed by atoms with Gasteiger partial charge in [0.1, 0.15) is 0 Å². The van der Waals surface area contributed by atoms with Crippen LogP contribution in [0.15, 0.2) is 18.5 Å². The maximum atomic E-state index is 12.5. The van der Waals surface area contributed by atoms with E-state index in [2.05, 4.69) is 27.1 Å². The number of carbonyl (C=O) groups is 1. The molecule has 1 aliphatic rings. The van der Waals surface area contributed by atoms with Gasteiger partial charge in [-0.2, -0.15) is 0 Å². The number of aromatic nitrogens is 2. The maximum absolute atomic E-state index is 12.5. The number of nitrogens with zero attached hydrogens (tertiary/aromatic N) is 3. The van der Waals surface area contributed by atoms with Gasteiger partial charge in [-0.05, 0) is 24.8 Å². The highest BCUT2D eigenvalue weighted by Gasteiger charge is 2.29. The predicted molar refractivity (Wildman–Crippen MR) is 85.4 cm³/mol. The molecular weight excluding hydrogens is 280 g/mol. The van der Waals surface area contributed by atoms with Crippen molar-refractivity contribution in [3.8, 4) is 0 Å². The highest BCUT2D eigenvalue weighted by molar-refractivity contribution is 5.79. The number of aliphatic hydroxyl groups excluding tert-OH is 1. The summed E-state index contributed by atoms with van der Waals surface area (Å²) in [6, 6.07) is 1.62. The van der Waals surface area contributed by atoms with Crippen LogP contribution in [-0.4, -0.2) is 46.7 Å². The summed E-state index contributed by atoms with van der Waals surface area (Å²) in [6.07, 6.45) is 6.19. The number of amides is 1. The van der Waals surface area contributed by atoms with Gasteiger partial charge in [-0.3, -0.25) is 4.79 Å². The third kappa shape index (κ3) is 4.16. The molecule has 0 aromatic carbocycles.